The van der Waals surface area contributed by atoms with Crippen LogP contribution in [-0.2, 0) is 25.7 Å². The second-order valence-corrected chi connectivity index (χ2v) is 21.3. The summed E-state index contributed by atoms with van der Waals surface area (Å²) in [6, 6.07) is 9.87. The number of Topliss-reactive ketones (excluding diaryl/α,β-unsaturated/α-hetero) is 1. The summed E-state index contributed by atoms with van der Waals surface area (Å²) in [5.74, 6) is -0.452. The Morgan fingerprint density at radius 3 is 2.26 bits per heavy atom. The van der Waals surface area contributed by atoms with Crippen molar-refractivity contribution < 1.29 is 29.1 Å². The van der Waals surface area contributed by atoms with Crippen LogP contribution >= 0.6 is 11.3 Å². The molecular formula is C54H67N11O7S. The maximum absolute atomic E-state index is 14.1. The maximum atomic E-state index is 14.1. The predicted octanol–water partition coefficient (Wildman–Crippen LogP) is 6.56. The molecule has 4 amide bonds. The molecule has 0 bridgehead atoms. The number of β-amino-alcohol motifs (C(OH)–C–C–N with tert-alkyl or cyclic N) is 1. The molecule has 1 aliphatic carbocycles. The van der Waals surface area contributed by atoms with Crippen LogP contribution < -0.4 is 26.4 Å². The van der Waals surface area contributed by atoms with Crippen molar-refractivity contribution in [3.05, 3.63) is 99.2 Å². The van der Waals surface area contributed by atoms with Crippen LogP contribution in [0.3, 0.4) is 0 Å². The van der Waals surface area contributed by atoms with E-state index in [0.717, 1.165) is 53.1 Å². The first-order valence-electron chi connectivity index (χ1n) is 25.4. The van der Waals surface area contributed by atoms with Crippen molar-refractivity contribution in [3.63, 3.8) is 0 Å². The SMILES string of the molecule is CC(=O)c1c(C)c2cnc(Nc3ccc(N4CCN(C(=O)CC/C=C/CCC(=O)N[C@H](C(=O)N5C[C@H](O)C[C@H]5C(=O)NCc5ccc(-c6scnc6C)cc5)C(C)(C)C)CC4)cn3)nc2n(C2CCCC2)c1=O. The number of carbonyl (C=O) groups is 5. The third-order valence-electron chi connectivity index (χ3n) is 14.2. The molecule has 0 radical (unpaired) electrons. The number of likely N-dealkylation sites (tertiary alicyclic amines) is 1. The van der Waals surface area contributed by atoms with Gasteiger partial charge in [-0.3, -0.25) is 33.3 Å². The quantitative estimate of drug-likeness (QED) is 0.0573. The molecular weight excluding hydrogens is 947 g/mol. The number of hydrogen-bond acceptors (Lipinski definition) is 14. The normalized spacial score (nSPS) is 17.9. The van der Waals surface area contributed by atoms with Crippen LogP contribution in [0.2, 0.25) is 0 Å². The first-order chi connectivity index (χ1) is 35.0. The van der Waals surface area contributed by atoms with Crippen LogP contribution in [0.5, 0.6) is 0 Å². The Labute approximate surface area is 429 Å². The molecule has 0 spiro atoms. The summed E-state index contributed by atoms with van der Waals surface area (Å²) in [5, 5.41) is 20.3. The lowest BCUT2D eigenvalue weighted by atomic mass is 9.85. The van der Waals surface area contributed by atoms with E-state index >= 15 is 0 Å². The van der Waals surface area contributed by atoms with Gasteiger partial charge in [0.25, 0.3) is 5.56 Å². The molecule has 18 nitrogen and oxygen atoms in total. The fourth-order valence-electron chi connectivity index (χ4n) is 10.1. The Hall–Kier alpha value is -6.86. The van der Waals surface area contributed by atoms with Gasteiger partial charge in [-0.05, 0) is 80.7 Å². The topological polar surface area (TPSA) is 225 Å². The van der Waals surface area contributed by atoms with Gasteiger partial charge in [0.2, 0.25) is 29.6 Å². The molecule has 4 N–H and O–H groups in total. The molecule has 19 heteroatoms. The van der Waals surface area contributed by atoms with Gasteiger partial charge in [0.1, 0.15) is 23.5 Å². The Bertz CT molecular complexity index is 2920. The minimum atomic E-state index is -0.922. The molecule has 3 aliphatic rings. The fraction of sp³-hybridized carbons (Fsp3) is 0.481. The van der Waals surface area contributed by atoms with Crippen LogP contribution in [0.4, 0.5) is 17.5 Å². The number of aromatic nitrogens is 5. The van der Waals surface area contributed by atoms with E-state index in [1.54, 1.807) is 35.2 Å². The fourth-order valence-corrected chi connectivity index (χ4v) is 10.9. The molecule has 5 aromatic rings. The molecule has 1 saturated carbocycles. The third kappa shape index (κ3) is 12.3. The van der Waals surface area contributed by atoms with Crippen molar-refractivity contribution >= 4 is 69.2 Å². The highest BCUT2D eigenvalue weighted by Gasteiger charge is 2.44. The number of hydrogen-bond donors (Lipinski definition) is 4. The van der Waals surface area contributed by atoms with Crippen molar-refractivity contribution in [2.75, 3.05) is 42.9 Å². The number of benzene rings is 1. The number of aliphatic hydroxyl groups is 1. The maximum Gasteiger partial charge on any atom is 0.263 e. The number of aliphatic hydroxyl groups excluding tert-OH is 1. The van der Waals surface area contributed by atoms with E-state index in [1.807, 2.05) is 86.7 Å². The summed E-state index contributed by atoms with van der Waals surface area (Å²) < 4.78 is 1.69. The van der Waals surface area contributed by atoms with Gasteiger partial charge in [-0.2, -0.15) is 4.98 Å². The molecule has 1 aromatic carbocycles. The van der Waals surface area contributed by atoms with Crippen molar-refractivity contribution in [1.82, 2.24) is 44.9 Å². The monoisotopic (exact) mass is 1010 g/mol. The lowest BCUT2D eigenvalue weighted by Crippen LogP contribution is -2.57. The minimum absolute atomic E-state index is 0.00607. The zero-order chi connectivity index (χ0) is 52.0. The highest BCUT2D eigenvalue weighted by atomic mass is 32.1. The average Bonchev–Trinajstić information content (AvgIpc) is 4.15. The zero-order valence-electron chi connectivity index (χ0n) is 42.6. The van der Waals surface area contributed by atoms with Gasteiger partial charge in [0, 0.05) is 76.2 Å². The molecule has 0 unspecified atom stereocenters. The van der Waals surface area contributed by atoms with Gasteiger partial charge >= 0.3 is 0 Å². The predicted molar refractivity (Wildman–Crippen MR) is 282 cm³/mol. The molecule has 6 heterocycles. The van der Waals surface area contributed by atoms with Gasteiger partial charge in [-0.25, -0.2) is 15.0 Å². The Kier molecular flexibility index (Phi) is 16.5. The number of thiazole rings is 1. The first-order valence-corrected chi connectivity index (χ1v) is 26.2. The number of fused-ring (bicyclic) bond motifs is 1. The number of amides is 4. The number of nitrogens with zero attached hydrogens (tertiary/aromatic N) is 8. The van der Waals surface area contributed by atoms with Gasteiger partial charge in [0.15, 0.2) is 5.78 Å². The number of nitrogens with one attached hydrogen (secondary N) is 3. The summed E-state index contributed by atoms with van der Waals surface area (Å²) in [6.45, 7) is 13.4. The van der Waals surface area contributed by atoms with Gasteiger partial charge in [-0.1, -0.05) is 70.0 Å². The number of anilines is 3. The van der Waals surface area contributed by atoms with Crippen LogP contribution in [0.1, 0.15) is 119 Å². The van der Waals surface area contributed by atoms with Gasteiger partial charge in [-0.15, -0.1) is 11.3 Å². The Balaban J connectivity index is 0.760. The van der Waals surface area contributed by atoms with Crippen molar-refractivity contribution in [2.45, 2.75) is 130 Å². The zero-order valence-corrected chi connectivity index (χ0v) is 43.5. The van der Waals surface area contributed by atoms with E-state index < -0.39 is 29.5 Å². The van der Waals surface area contributed by atoms with Crippen molar-refractivity contribution in [1.29, 1.82) is 0 Å². The smallest absolute Gasteiger partial charge is 0.263 e. The molecule has 8 rings (SSSR count). The molecule has 3 atom stereocenters. The number of piperazine rings is 1. The van der Waals surface area contributed by atoms with E-state index in [0.29, 0.717) is 73.8 Å². The number of aryl methyl sites for hydroxylation is 2. The molecule has 3 fully saturated rings. The van der Waals surface area contributed by atoms with Crippen molar-refractivity contribution in [2.24, 2.45) is 5.41 Å². The Morgan fingerprint density at radius 1 is 0.904 bits per heavy atom. The number of rotatable bonds is 17. The van der Waals surface area contributed by atoms with Gasteiger partial charge in [0.05, 0.1) is 39.6 Å². The number of carbonyl (C=O) groups excluding carboxylic acids is 5. The molecule has 73 heavy (non-hydrogen) atoms. The van der Waals surface area contributed by atoms with E-state index in [4.69, 9.17) is 4.98 Å². The molecule has 2 aliphatic heterocycles. The van der Waals surface area contributed by atoms with Crippen LogP contribution in [0.15, 0.2) is 71.2 Å². The third-order valence-corrected chi connectivity index (χ3v) is 15.2. The second kappa shape index (κ2) is 22.9. The highest BCUT2D eigenvalue weighted by Crippen LogP contribution is 2.33. The van der Waals surface area contributed by atoms with Crippen molar-refractivity contribution in [3.8, 4) is 10.4 Å². The number of pyridine rings is 2. The van der Waals surface area contributed by atoms with E-state index in [9.17, 15) is 33.9 Å². The van der Waals surface area contributed by atoms with Crippen LogP contribution in [0, 0.1) is 19.3 Å². The summed E-state index contributed by atoms with van der Waals surface area (Å²) in [4.78, 5) is 105. The summed E-state index contributed by atoms with van der Waals surface area (Å²) in [7, 11) is 0. The summed E-state index contributed by atoms with van der Waals surface area (Å²) >= 11 is 1.57. The lowest BCUT2D eigenvalue weighted by Gasteiger charge is -2.36. The van der Waals surface area contributed by atoms with Gasteiger partial charge < -0.3 is 35.8 Å². The van der Waals surface area contributed by atoms with Crippen LogP contribution in [0.25, 0.3) is 21.5 Å². The highest BCUT2D eigenvalue weighted by molar-refractivity contribution is 7.13. The van der Waals surface area contributed by atoms with E-state index in [1.165, 1.54) is 11.8 Å². The second-order valence-electron chi connectivity index (χ2n) is 20.5. The average molecular weight is 1010 g/mol. The first kappa shape index (κ1) is 52.5. The number of allylic oxidation sites excluding steroid dienone is 2. The van der Waals surface area contributed by atoms with E-state index in [2.05, 4.69) is 35.8 Å². The molecule has 4 aromatic heterocycles. The largest absolute Gasteiger partial charge is 0.391 e. The molecule has 386 valence electrons. The minimum Gasteiger partial charge on any atom is -0.391 e. The molecule has 2 saturated heterocycles. The lowest BCUT2D eigenvalue weighted by molar-refractivity contribution is -0.144. The van der Waals surface area contributed by atoms with Crippen LogP contribution in [-0.4, -0.2) is 120 Å². The van der Waals surface area contributed by atoms with E-state index in [-0.39, 0.29) is 66.6 Å². The standard InChI is InChI=1S/C54H67N11O7S/c1-33-41-30-57-53(61-49(41)65(38-13-11-12-14-38)51(71)46(33)35(3)66)59-43-22-21-39(29-55-43)62-23-25-63(26-24-62)45(69)16-10-8-7-9-15-44(68)60-48(54(4,5)6)52(72)64-31-40(67)27-42(64)50(70)56-28-36-17-19-37(20-18-36)47-34(2)58-32-73-47/h7-8,17-22,29-30,32,38,40,42,48,67H,9-16,23-28,31H2,1-6H3,(H,56,70)(H,60,68)(H,55,57,59,61)/b8-7+/t40-,42+,48-/m1/s1. The summed E-state index contributed by atoms with van der Waals surface area (Å²) in [5.41, 5.74) is 5.95. The number of ketones is 1. The summed E-state index contributed by atoms with van der Waals surface area (Å²) in [6.07, 6.45) is 11.6. The Morgan fingerprint density at radius 2 is 1.62 bits per heavy atom.